The van der Waals surface area contributed by atoms with Crippen LogP contribution in [0.15, 0.2) is 48.9 Å². The topological polar surface area (TPSA) is 56.7 Å². The van der Waals surface area contributed by atoms with E-state index < -0.39 is 0 Å². The maximum atomic E-state index is 5.67. The van der Waals surface area contributed by atoms with Crippen LogP contribution in [0.1, 0.15) is 11.3 Å². The zero-order chi connectivity index (χ0) is 12.4. The first-order valence-corrected chi connectivity index (χ1v) is 5.90. The summed E-state index contributed by atoms with van der Waals surface area (Å²) in [5.41, 5.74) is 9.90. The summed E-state index contributed by atoms with van der Waals surface area (Å²) in [5.74, 6) is 0. The summed E-state index contributed by atoms with van der Waals surface area (Å²) in [6.07, 6.45) is 3.65. The lowest BCUT2D eigenvalue weighted by Crippen LogP contribution is -2.01. The number of hydrogen-bond donors (Lipinski definition) is 1. The average molecular weight is 238 g/mol. The van der Waals surface area contributed by atoms with Gasteiger partial charge in [-0.25, -0.2) is 4.98 Å². The Kier molecular flexibility index (Phi) is 2.78. The lowest BCUT2D eigenvalue weighted by Gasteiger charge is -2.04. The van der Waals surface area contributed by atoms with Crippen LogP contribution in [0.5, 0.6) is 0 Å². The summed E-state index contributed by atoms with van der Waals surface area (Å²) in [6.45, 7) is 1.27. The van der Waals surface area contributed by atoms with Crippen LogP contribution in [0, 0.1) is 0 Å². The van der Waals surface area contributed by atoms with Crippen LogP contribution in [-0.4, -0.2) is 14.5 Å². The van der Waals surface area contributed by atoms with Crippen molar-refractivity contribution in [2.75, 3.05) is 0 Å². The fraction of sp³-hybridized carbons (Fsp3) is 0.143. The van der Waals surface area contributed by atoms with Crippen LogP contribution in [-0.2, 0) is 13.1 Å². The summed E-state index contributed by atoms with van der Waals surface area (Å²) in [7, 11) is 0. The molecule has 2 N–H and O–H groups in total. The van der Waals surface area contributed by atoms with E-state index in [1.165, 1.54) is 0 Å². The fourth-order valence-electron chi connectivity index (χ4n) is 2.02. The van der Waals surface area contributed by atoms with Crippen molar-refractivity contribution in [3.63, 3.8) is 0 Å². The molecule has 0 saturated heterocycles. The molecule has 3 aromatic rings. The molecule has 4 nitrogen and oxygen atoms in total. The van der Waals surface area contributed by atoms with Gasteiger partial charge in [-0.1, -0.05) is 12.1 Å². The Balaban J connectivity index is 2.01. The number of aromatic nitrogens is 3. The van der Waals surface area contributed by atoms with Gasteiger partial charge in [0.25, 0.3) is 0 Å². The van der Waals surface area contributed by atoms with E-state index >= 15 is 0 Å². The van der Waals surface area contributed by atoms with Gasteiger partial charge in [0, 0.05) is 12.7 Å². The second kappa shape index (κ2) is 4.58. The predicted molar refractivity (Wildman–Crippen MR) is 71.0 cm³/mol. The molecule has 0 amide bonds. The third-order valence-electron chi connectivity index (χ3n) is 2.98. The van der Waals surface area contributed by atoms with Crippen molar-refractivity contribution in [2.45, 2.75) is 13.1 Å². The smallest absolute Gasteiger partial charge is 0.0962 e. The molecular formula is C14H14N4. The minimum atomic E-state index is 0.546. The number of hydrogen-bond acceptors (Lipinski definition) is 3. The van der Waals surface area contributed by atoms with E-state index in [-0.39, 0.29) is 0 Å². The van der Waals surface area contributed by atoms with Crippen molar-refractivity contribution >= 4 is 11.0 Å². The molecule has 90 valence electrons. The van der Waals surface area contributed by atoms with Gasteiger partial charge in [0.1, 0.15) is 0 Å². The lowest BCUT2D eigenvalue weighted by atomic mass is 10.2. The van der Waals surface area contributed by atoms with Crippen molar-refractivity contribution in [3.8, 4) is 0 Å². The van der Waals surface area contributed by atoms with Crippen LogP contribution in [0.3, 0.4) is 0 Å². The van der Waals surface area contributed by atoms with E-state index in [9.17, 15) is 0 Å². The summed E-state index contributed by atoms with van der Waals surface area (Å²) in [4.78, 5) is 8.71. The summed E-state index contributed by atoms with van der Waals surface area (Å²) < 4.78 is 2.09. The lowest BCUT2D eigenvalue weighted by molar-refractivity contribution is 0.797. The van der Waals surface area contributed by atoms with E-state index in [1.807, 2.05) is 36.7 Å². The Bertz CT molecular complexity index is 658. The number of benzene rings is 1. The van der Waals surface area contributed by atoms with Crippen LogP contribution in [0.4, 0.5) is 0 Å². The SMILES string of the molecule is NCc1ccc2ncn(Cc3ccccn3)c2c1. The standard InChI is InChI=1S/C14H14N4/c15-8-11-4-5-13-14(7-11)18(10-17-13)9-12-3-1-2-6-16-12/h1-7,10H,8-9,15H2. The number of nitrogens with two attached hydrogens (primary N) is 1. The number of pyridine rings is 1. The van der Waals surface area contributed by atoms with Crippen molar-refractivity contribution < 1.29 is 0 Å². The first kappa shape index (κ1) is 10.9. The van der Waals surface area contributed by atoms with Gasteiger partial charge in [-0.15, -0.1) is 0 Å². The fourth-order valence-corrected chi connectivity index (χ4v) is 2.02. The van der Waals surface area contributed by atoms with Gasteiger partial charge in [0.15, 0.2) is 0 Å². The summed E-state index contributed by atoms with van der Waals surface area (Å²) >= 11 is 0. The molecule has 0 fully saturated rings. The Hall–Kier alpha value is -2.20. The Morgan fingerprint density at radius 3 is 2.83 bits per heavy atom. The van der Waals surface area contributed by atoms with Gasteiger partial charge < -0.3 is 10.3 Å². The molecule has 18 heavy (non-hydrogen) atoms. The first-order valence-electron chi connectivity index (χ1n) is 5.90. The van der Waals surface area contributed by atoms with E-state index in [1.54, 1.807) is 6.20 Å². The van der Waals surface area contributed by atoms with Gasteiger partial charge in [-0.3, -0.25) is 4.98 Å². The molecule has 0 unspecified atom stereocenters. The molecule has 0 saturated carbocycles. The molecular weight excluding hydrogens is 224 g/mol. The number of fused-ring (bicyclic) bond motifs is 1. The maximum absolute atomic E-state index is 5.67. The van der Waals surface area contributed by atoms with Crippen molar-refractivity contribution in [1.29, 1.82) is 0 Å². The highest BCUT2D eigenvalue weighted by atomic mass is 15.0. The minimum Gasteiger partial charge on any atom is -0.326 e. The molecule has 0 bridgehead atoms. The zero-order valence-corrected chi connectivity index (χ0v) is 9.95. The number of imidazole rings is 1. The van der Waals surface area contributed by atoms with E-state index in [0.29, 0.717) is 6.54 Å². The van der Waals surface area contributed by atoms with Gasteiger partial charge in [-0.05, 0) is 29.8 Å². The summed E-state index contributed by atoms with van der Waals surface area (Å²) in [5, 5.41) is 0. The normalized spacial score (nSPS) is 10.9. The van der Waals surface area contributed by atoms with Crippen LogP contribution >= 0.6 is 0 Å². The van der Waals surface area contributed by atoms with Gasteiger partial charge in [0.2, 0.25) is 0 Å². The summed E-state index contributed by atoms with van der Waals surface area (Å²) in [6, 6.07) is 12.0. The molecule has 4 heteroatoms. The van der Waals surface area contributed by atoms with E-state index in [2.05, 4.69) is 20.6 Å². The third kappa shape index (κ3) is 1.98. The molecule has 0 aliphatic heterocycles. The van der Waals surface area contributed by atoms with Crippen LogP contribution in [0.25, 0.3) is 11.0 Å². The molecule has 0 radical (unpaired) electrons. The van der Waals surface area contributed by atoms with Gasteiger partial charge >= 0.3 is 0 Å². The molecule has 0 atom stereocenters. The van der Waals surface area contributed by atoms with E-state index in [0.717, 1.165) is 28.8 Å². The quantitative estimate of drug-likeness (QED) is 0.758. The zero-order valence-electron chi connectivity index (χ0n) is 9.95. The third-order valence-corrected chi connectivity index (χ3v) is 2.98. The van der Waals surface area contributed by atoms with Crippen LogP contribution in [0.2, 0.25) is 0 Å². The molecule has 0 aliphatic carbocycles. The largest absolute Gasteiger partial charge is 0.326 e. The first-order chi connectivity index (χ1) is 8.86. The highest BCUT2D eigenvalue weighted by molar-refractivity contribution is 5.76. The van der Waals surface area contributed by atoms with Crippen molar-refractivity contribution in [2.24, 2.45) is 5.73 Å². The maximum Gasteiger partial charge on any atom is 0.0962 e. The second-order valence-electron chi connectivity index (χ2n) is 4.22. The molecule has 1 aromatic carbocycles. The highest BCUT2D eigenvalue weighted by Crippen LogP contribution is 2.15. The second-order valence-corrected chi connectivity index (χ2v) is 4.22. The highest BCUT2D eigenvalue weighted by Gasteiger charge is 2.04. The monoisotopic (exact) mass is 238 g/mol. The predicted octanol–water partition coefficient (Wildman–Crippen LogP) is 1.94. The Morgan fingerprint density at radius 2 is 2.06 bits per heavy atom. The van der Waals surface area contributed by atoms with Crippen molar-refractivity contribution in [3.05, 3.63) is 60.2 Å². The van der Waals surface area contributed by atoms with Gasteiger partial charge in [-0.2, -0.15) is 0 Å². The van der Waals surface area contributed by atoms with Crippen LogP contribution < -0.4 is 5.73 Å². The van der Waals surface area contributed by atoms with Crippen molar-refractivity contribution in [1.82, 2.24) is 14.5 Å². The molecule has 0 spiro atoms. The number of rotatable bonds is 3. The number of nitrogens with zero attached hydrogens (tertiary/aromatic N) is 3. The minimum absolute atomic E-state index is 0.546. The molecule has 3 rings (SSSR count). The molecule has 0 aliphatic rings. The van der Waals surface area contributed by atoms with E-state index in [4.69, 9.17) is 5.73 Å². The average Bonchev–Trinajstić information content (AvgIpc) is 2.82. The Morgan fingerprint density at radius 1 is 1.11 bits per heavy atom. The molecule has 2 aromatic heterocycles. The Labute approximate surface area is 105 Å². The van der Waals surface area contributed by atoms with Gasteiger partial charge in [0.05, 0.1) is 29.6 Å². The molecule has 2 heterocycles.